The van der Waals surface area contributed by atoms with Crippen LogP contribution in [-0.2, 0) is 0 Å². The lowest BCUT2D eigenvalue weighted by molar-refractivity contribution is 0.0727. The number of nitrogens with zero attached hydrogens (tertiary/aromatic N) is 2. The third-order valence-electron chi connectivity index (χ3n) is 3.22. The van der Waals surface area contributed by atoms with Crippen molar-refractivity contribution in [1.82, 2.24) is 25.1 Å². The van der Waals surface area contributed by atoms with Gasteiger partial charge in [0.2, 0.25) is 0 Å². The van der Waals surface area contributed by atoms with Crippen LogP contribution in [0.2, 0.25) is 0 Å². The highest BCUT2D eigenvalue weighted by molar-refractivity contribution is 5.92. The Kier molecular flexibility index (Phi) is 2.51. The van der Waals surface area contributed by atoms with Crippen molar-refractivity contribution in [2.45, 2.75) is 18.9 Å². The number of H-pyrrole nitrogens is 3. The topological polar surface area (TPSA) is 97.6 Å². The smallest absolute Gasteiger partial charge is 0.323 e. The Morgan fingerprint density at radius 1 is 1.50 bits per heavy atom. The number of aromatic amines is 3. The van der Waals surface area contributed by atoms with E-state index in [-0.39, 0.29) is 17.6 Å². The molecule has 0 aliphatic carbocycles. The van der Waals surface area contributed by atoms with Crippen molar-refractivity contribution in [1.29, 1.82) is 0 Å². The van der Waals surface area contributed by atoms with E-state index in [0.717, 1.165) is 18.5 Å². The first-order valence-electron chi connectivity index (χ1n) is 5.83. The summed E-state index contributed by atoms with van der Waals surface area (Å²) in [6, 6.07) is 1.88. The second kappa shape index (κ2) is 4.17. The summed E-state index contributed by atoms with van der Waals surface area (Å²) in [4.78, 5) is 30.0. The number of carbonyl (C=O) groups excluding carboxylic acids is 1. The zero-order valence-electron chi connectivity index (χ0n) is 9.64. The maximum Gasteiger partial charge on any atom is 0.323 e. The van der Waals surface area contributed by atoms with E-state index < -0.39 is 0 Å². The molecule has 1 aliphatic rings. The second-order valence-electron chi connectivity index (χ2n) is 4.33. The van der Waals surface area contributed by atoms with Crippen LogP contribution < -0.4 is 5.69 Å². The van der Waals surface area contributed by atoms with E-state index in [1.54, 1.807) is 11.1 Å². The number of carbonyl (C=O) groups is 1. The molecule has 0 bridgehead atoms. The van der Waals surface area contributed by atoms with Crippen molar-refractivity contribution in [3.63, 3.8) is 0 Å². The third kappa shape index (κ3) is 1.73. The first-order chi connectivity index (χ1) is 8.75. The molecule has 0 radical (unpaired) electrons. The van der Waals surface area contributed by atoms with E-state index in [4.69, 9.17) is 0 Å². The van der Waals surface area contributed by atoms with E-state index >= 15 is 0 Å². The average Bonchev–Trinajstić information content (AvgIpc) is 3.08. The summed E-state index contributed by atoms with van der Waals surface area (Å²) in [7, 11) is 0. The molecule has 0 spiro atoms. The van der Waals surface area contributed by atoms with Gasteiger partial charge < -0.3 is 14.9 Å². The van der Waals surface area contributed by atoms with Crippen LogP contribution in [-0.4, -0.2) is 37.5 Å². The molecule has 1 amide bonds. The molecule has 2 aromatic heterocycles. The lowest BCUT2D eigenvalue weighted by Crippen LogP contribution is -2.31. The third-order valence-corrected chi connectivity index (χ3v) is 3.22. The van der Waals surface area contributed by atoms with Crippen molar-refractivity contribution in [3.8, 4) is 0 Å². The van der Waals surface area contributed by atoms with Gasteiger partial charge >= 0.3 is 5.69 Å². The van der Waals surface area contributed by atoms with Crippen molar-refractivity contribution in [2.24, 2.45) is 0 Å². The summed E-state index contributed by atoms with van der Waals surface area (Å²) in [5, 5.41) is 6.81. The van der Waals surface area contributed by atoms with E-state index in [2.05, 4.69) is 20.2 Å². The lowest BCUT2D eigenvalue weighted by Gasteiger charge is -2.22. The molecule has 0 saturated carbocycles. The standard InChI is InChI=1S/C11H13N5O2/c17-10(8-6-12-11(18)14-8)16-5-1-2-9(16)7-3-4-13-15-7/h3-4,6,9H,1-2,5H2,(H,13,15)(H2,12,14,18)/t9-/m0/s1. The summed E-state index contributed by atoms with van der Waals surface area (Å²) in [5.74, 6) is -0.162. The monoisotopic (exact) mass is 247 g/mol. The highest BCUT2D eigenvalue weighted by atomic mass is 16.2. The van der Waals surface area contributed by atoms with Gasteiger partial charge in [0.15, 0.2) is 0 Å². The van der Waals surface area contributed by atoms with Gasteiger partial charge in [0.05, 0.1) is 11.7 Å². The average molecular weight is 247 g/mol. The Morgan fingerprint density at radius 3 is 3.06 bits per heavy atom. The molecule has 94 valence electrons. The fourth-order valence-electron chi connectivity index (χ4n) is 2.39. The van der Waals surface area contributed by atoms with Crippen molar-refractivity contribution in [3.05, 3.63) is 40.3 Å². The van der Waals surface area contributed by atoms with Crippen LogP contribution in [0.1, 0.15) is 35.1 Å². The Balaban J connectivity index is 1.87. The Morgan fingerprint density at radius 2 is 2.39 bits per heavy atom. The van der Waals surface area contributed by atoms with Gasteiger partial charge in [-0.05, 0) is 18.9 Å². The van der Waals surface area contributed by atoms with Gasteiger partial charge in [0.25, 0.3) is 5.91 Å². The molecule has 1 aliphatic heterocycles. The summed E-state index contributed by atoms with van der Waals surface area (Å²) in [6.07, 6.45) is 4.94. The molecule has 1 fully saturated rings. The summed E-state index contributed by atoms with van der Waals surface area (Å²) >= 11 is 0. The van der Waals surface area contributed by atoms with E-state index in [1.165, 1.54) is 6.20 Å². The summed E-state index contributed by atoms with van der Waals surface area (Å²) in [5.41, 5.74) is 0.862. The largest absolute Gasteiger partial charge is 0.329 e. The molecular weight excluding hydrogens is 234 g/mol. The Bertz CT molecular complexity index is 597. The number of imidazole rings is 1. The van der Waals surface area contributed by atoms with Crippen molar-refractivity contribution >= 4 is 5.91 Å². The molecule has 18 heavy (non-hydrogen) atoms. The molecule has 3 heterocycles. The quantitative estimate of drug-likeness (QED) is 0.716. The molecule has 1 saturated heterocycles. The van der Waals surface area contributed by atoms with E-state index in [9.17, 15) is 9.59 Å². The number of aromatic nitrogens is 4. The molecule has 0 aromatic carbocycles. The van der Waals surface area contributed by atoms with Crippen LogP contribution in [0.5, 0.6) is 0 Å². The van der Waals surface area contributed by atoms with Crippen LogP contribution in [0.25, 0.3) is 0 Å². The van der Waals surface area contributed by atoms with Crippen molar-refractivity contribution < 1.29 is 4.79 Å². The highest BCUT2D eigenvalue weighted by Gasteiger charge is 2.31. The predicted molar refractivity (Wildman–Crippen MR) is 63.0 cm³/mol. The van der Waals surface area contributed by atoms with Gasteiger partial charge in [0, 0.05) is 18.9 Å². The lowest BCUT2D eigenvalue weighted by atomic mass is 10.1. The van der Waals surface area contributed by atoms with Crippen LogP contribution in [0.15, 0.2) is 23.3 Å². The molecule has 3 rings (SSSR count). The van der Waals surface area contributed by atoms with E-state index in [1.807, 2.05) is 6.07 Å². The number of hydrogen-bond donors (Lipinski definition) is 3. The van der Waals surface area contributed by atoms with Gasteiger partial charge in [-0.2, -0.15) is 5.10 Å². The number of amides is 1. The SMILES string of the molecule is O=C(c1c[nH]c(=O)[nH]1)N1CCC[C@H]1c1ccn[nH]1. The number of nitrogens with one attached hydrogen (secondary N) is 3. The van der Waals surface area contributed by atoms with Crippen LogP contribution >= 0.6 is 0 Å². The van der Waals surface area contributed by atoms with Gasteiger partial charge in [-0.3, -0.25) is 9.89 Å². The van der Waals surface area contributed by atoms with Gasteiger partial charge in [-0.15, -0.1) is 0 Å². The first-order valence-corrected chi connectivity index (χ1v) is 5.83. The molecule has 7 nitrogen and oxygen atoms in total. The normalized spacial score (nSPS) is 19.3. The van der Waals surface area contributed by atoms with Gasteiger partial charge in [0.1, 0.15) is 5.69 Å². The highest BCUT2D eigenvalue weighted by Crippen LogP contribution is 2.31. The first kappa shape index (κ1) is 10.8. The van der Waals surface area contributed by atoms with Crippen LogP contribution in [0.4, 0.5) is 0 Å². The minimum Gasteiger partial charge on any atom is -0.329 e. The Hall–Kier alpha value is -2.31. The fraction of sp³-hybridized carbons (Fsp3) is 0.364. The van der Waals surface area contributed by atoms with Crippen LogP contribution in [0.3, 0.4) is 0 Å². The van der Waals surface area contributed by atoms with E-state index in [0.29, 0.717) is 12.2 Å². The fourth-order valence-corrected chi connectivity index (χ4v) is 2.39. The zero-order chi connectivity index (χ0) is 12.5. The number of rotatable bonds is 2. The molecular formula is C11H13N5O2. The zero-order valence-corrected chi connectivity index (χ0v) is 9.64. The summed E-state index contributed by atoms with van der Waals surface area (Å²) in [6.45, 7) is 0.690. The number of hydrogen-bond acceptors (Lipinski definition) is 3. The second-order valence-corrected chi connectivity index (χ2v) is 4.33. The predicted octanol–water partition coefficient (Wildman–Crippen LogP) is 0.403. The molecule has 1 atom stereocenters. The minimum absolute atomic E-state index is 0.0124. The maximum atomic E-state index is 12.3. The Labute approximate surface area is 102 Å². The summed E-state index contributed by atoms with van der Waals surface area (Å²) < 4.78 is 0. The van der Waals surface area contributed by atoms with Crippen molar-refractivity contribution in [2.75, 3.05) is 6.54 Å². The molecule has 0 unspecified atom stereocenters. The van der Waals surface area contributed by atoms with Gasteiger partial charge in [-0.25, -0.2) is 4.79 Å². The molecule has 7 heteroatoms. The molecule has 2 aromatic rings. The number of likely N-dealkylation sites (tertiary alicyclic amines) is 1. The molecule has 3 N–H and O–H groups in total. The van der Waals surface area contributed by atoms with Gasteiger partial charge in [-0.1, -0.05) is 0 Å². The van der Waals surface area contributed by atoms with Crippen LogP contribution in [0, 0.1) is 0 Å². The maximum absolute atomic E-state index is 12.3. The minimum atomic E-state index is -0.365.